The summed E-state index contributed by atoms with van der Waals surface area (Å²) in [5.41, 5.74) is 9.50. The number of furan rings is 1. The lowest BCUT2D eigenvalue weighted by atomic mass is 10.1. The van der Waals surface area contributed by atoms with Crippen molar-refractivity contribution in [3.63, 3.8) is 0 Å². The van der Waals surface area contributed by atoms with Gasteiger partial charge in [-0.15, -0.1) is 11.3 Å². The highest BCUT2D eigenvalue weighted by Gasteiger charge is 2.15. The molecule has 2 nitrogen and oxygen atoms in total. The van der Waals surface area contributed by atoms with Gasteiger partial charge in [-0.05, 0) is 49.1 Å². The van der Waals surface area contributed by atoms with Gasteiger partial charge in [0, 0.05) is 10.3 Å². The summed E-state index contributed by atoms with van der Waals surface area (Å²) in [6, 6.07) is 10.2. The van der Waals surface area contributed by atoms with Crippen molar-refractivity contribution >= 4 is 22.3 Å². The summed E-state index contributed by atoms with van der Waals surface area (Å²) in [7, 11) is 0. The normalized spacial score (nSPS) is 13.1. The highest BCUT2D eigenvalue weighted by molar-refractivity contribution is 7.10. The van der Waals surface area contributed by atoms with Crippen LogP contribution in [0, 0.1) is 13.8 Å². The first-order valence-corrected chi connectivity index (χ1v) is 6.82. The minimum Gasteiger partial charge on any atom is -0.459 e. The zero-order valence-electron chi connectivity index (χ0n) is 10.4. The molecule has 2 heterocycles. The molecule has 0 spiro atoms. The second-order valence-corrected chi connectivity index (χ2v) is 5.77. The Bertz CT molecular complexity index is 695. The molecule has 0 radical (unpaired) electrons. The van der Waals surface area contributed by atoms with Crippen molar-refractivity contribution in [1.29, 1.82) is 0 Å². The van der Waals surface area contributed by atoms with Gasteiger partial charge in [0.1, 0.15) is 11.3 Å². The monoisotopic (exact) mass is 257 g/mol. The smallest absolute Gasteiger partial charge is 0.134 e. The van der Waals surface area contributed by atoms with E-state index in [4.69, 9.17) is 10.2 Å². The number of hydrogen-bond acceptors (Lipinski definition) is 3. The van der Waals surface area contributed by atoms with E-state index in [1.165, 1.54) is 10.4 Å². The van der Waals surface area contributed by atoms with Crippen LogP contribution in [0.5, 0.6) is 0 Å². The van der Waals surface area contributed by atoms with Crippen LogP contribution in [0.25, 0.3) is 11.0 Å². The number of fused-ring (bicyclic) bond motifs is 1. The molecule has 0 bridgehead atoms. The summed E-state index contributed by atoms with van der Waals surface area (Å²) in [5, 5.41) is 3.21. The second kappa shape index (κ2) is 4.26. The van der Waals surface area contributed by atoms with E-state index in [2.05, 4.69) is 37.4 Å². The molecule has 3 aromatic rings. The molecule has 1 atom stereocenters. The quantitative estimate of drug-likeness (QED) is 0.748. The molecule has 1 unspecified atom stereocenters. The third-order valence-corrected chi connectivity index (χ3v) is 3.99. The van der Waals surface area contributed by atoms with E-state index in [1.54, 1.807) is 11.3 Å². The Morgan fingerprint density at radius 3 is 2.72 bits per heavy atom. The SMILES string of the molecule is Cc1ccc2oc(C(N)c3csc(C)c3)cc2c1. The molecular weight excluding hydrogens is 242 g/mol. The Labute approximate surface area is 110 Å². The maximum atomic E-state index is 6.24. The molecule has 0 saturated carbocycles. The van der Waals surface area contributed by atoms with Gasteiger partial charge >= 0.3 is 0 Å². The van der Waals surface area contributed by atoms with E-state index in [9.17, 15) is 0 Å². The van der Waals surface area contributed by atoms with Crippen molar-refractivity contribution in [2.24, 2.45) is 5.73 Å². The summed E-state index contributed by atoms with van der Waals surface area (Å²) in [6.07, 6.45) is 0. The van der Waals surface area contributed by atoms with Crippen molar-refractivity contribution in [1.82, 2.24) is 0 Å². The lowest BCUT2D eigenvalue weighted by molar-refractivity contribution is 0.525. The molecule has 0 aliphatic carbocycles. The Balaban J connectivity index is 2.03. The molecule has 2 aromatic heterocycles. The van der Waals surface area contributed by atoms with Crippen molar-refractivity contribution in [3.05, 3.63) is 57.5 Å². The van der Waals surface area contributed by atoms with Gasteiger partial charge in [0.2, 0.25) is 0 Å². The van der Waals surface area contributed by atoms with E-state index in [-0.39, 0.29) is 6.04 Å². The predicted molar refractivity (Wildman–Crippen MR) is 76.0 cm³/mol. The first kappa shape index (κ1) is 11.5. The first-order valence-electron chi connectivity index (χ1n) is 5.94. The van der Waals surface area contributed by atoms with Crippen LogP contribution >= 0.6 is 11.3 Å². The largest absolute Gasteiger partial charge is 0.459 e. The molecule has 0 amide bonds. The third-order valence-electron chi connectivity index (χ3n) is 3.11. The van der Waals surface area contributed by atoms with Gasteiger partial charge < -0.3 is 10.2 Å². The van der Waals surface area contributed by atoms with Crippen LogP contribution in [-0.4, -0.2) is 0 Å². The summed E-state index contributed by atoms with van der Waals surface area (Å²) < 4.78 is 5.83. The summed E-state index contributed by atoms with van der Waals surface area (Å²) in [6.45, 7) is 4.16. The average Bonchev–Trinajstić information content (AvgIpc) is 2.93. The van der Waals surface area contributed by atoms with E-state index in [0.717, 1.165) is 22.3 Å². The maximum Gasteiger partial charge on any atom is 0.134 e. The summed E-state index contributed by atoms with van der Waals surface area (Å²) in [4.78, 5) is 1.27. The molecular formula is C15H15NOS. The molecule has 18 heavy (non-hydrogen) atoms. The van der Waals surface area contributed by atoms with Crippen LogP contribution in [0.15, 0.2) is 40.1 Å². The molecule has 92 valence electrons. The molecule has 3 heteroatoms. The fraction of sp³-hybridized carbons (Fsp3) is 0.200. The number of hydrogen-bond donors (Lipinski definition) is 1. The number of nitrogens with two attached hydrogens (primary N) is 1. The third kappa shape index (κ3) is 1.96. The fourth-order valence-electron chi connectivity index (χ4n) is 2.13. The molecule has 0 fully saturated rings. The average molecular weight is 257 g/mol. The van der Waals surface area contributed by atoms with Gasteiger partial charge in [-0.1, -0.05) is 11.6 Å². The van der Waals surface area contributed by atoms with Crippen molar-refractivity contribution in [3.8, 4) is 0 Å². The van der Waals surface area contributed by atoms with Crippen molar-refractivity contribution in [2.75, 3.05) is 0 Å². The highest BCUT2D eigenvalue weighted by atomic mass is 32.1. The zero-order valence-corrected chi connectivity index (χ0v) is 11.3. The number of aryl methyl sites for hydroxylation is 2. The lowest BCUT2D eigenvalue weighted by Gasteiger charge is -2.05. The minimum atomic E-state index is -0.178. The molecule has 1 aromatic carbocycles. The maximum absolute atomic E-state index is 6.24. The number of thiophene rings is 1. The van der Waals surface area contributed by atoms with Crippen LogP contribution in [0.4, 0.5) is 0 Å². The summed E-state index contributed by atoms with van der Waals surface area (Å²) in [5.74, 6) is 0.827. The van der Waals surface area contributed by atoms with Crippen LogP contribution in [-0.2, 0) is 0 Å². The fourth-order valence-corrected chi connectivity index (χ4v) is 2.87. The molecule has 0 aliphatic rings. The Hall–Kier alpha value is -1.58. The van der Waals surface area contributed by atoms with E-state index >= 15 is 0 Å². The highest BCUT2D eigenvalue weighted by Crippen LogP contribution is 2.29. The summed E-state index contributed by atoms with van der Waals surface area (Å²) >= 11 is 1.72. The molecule has 2 N–H and O–H groups in total. The predicted octanol–water partition coefficient (Wildman–Crippen LogP) is 4.16. The van der Waals surface area contributed by atoms with Crippen molar-refractivity contribution in [2.45, 2.75) is 19.9 Å². The van der Waals surface area contributed by atoms with Crippen LogP contribution in [0.1, 0.15) is 27.8 Å². The lowest BCUT2D eigenvalue weighted by Crippen LogP contribution is -2.09. The molecule has 3 rings (SSSR count). The van der Waals surface area contributed by atoms with Gasteiger partial charge in [-0.3, -0.25) is 0 Å². The van der Waals surface area contributed by atoms with Crippen molar-refractivity contribution < 1.29 is 4.42 Å². The Kier molecular flexibility index (Phi) is 2.73. The topological polar surface area (TPSA) is 39.2 Å². The van der Waals surface area contributed by atoms with Gasteiger partial charge in [-0.25, -0.2) is 0 Å². The second-order valence-electron chi connectivity index (χ2n) is 4.66. The van der Waals surface area contributed by atoms with Gasteiger partial charge in [0.05, 0.1) is 6.04 Å². The van der Waals surface area contributed by atoms with Gasteiger partial charge in [-0.2, -0.15) is 0 Å². The minimum absolute atomic E-state index is 0.178. The van der Waals surface area contributed by atoms with E-state index in [0.29, 0.717) is 0 Å². The Morgan fingerprint density at radius 2 is 2.00 bits per heavy atom. The van der Waals surface area contributed by atoms with E-state index < -0.39 is 0 Å². The standard InChI is InChI=1S/C15H15NOS/c1-9-3-4-13-11(5-9)7-14(17-13)15(16)12-6-10(2)18-8-12/h3-8,15H,16H2,1-2H3. The molecule has 0 saturated heterocycles. The molecule has 0 aliphatic heterocycles. The van der Waals surface area contributed by atoms with Crippen LogP contribution in [0.2, 0.25) is 0 Å². The van der Waals surface area contributed by atoms with Crippen LogP contribution < -0.4 is 5.73 Å². The zero-order chi connectivity index (χ0) is 12.7. The van der Waals surface area contributed by atoms with Crippen LogP contribution in [0.3, 0.4) is 0 Å². The Morgan fingerprint density at radius 1 is 1.17 bits per heavy atom. The first-order chi connectivity index (χ1) is 8.63. The van der Waals surface area contributed by atoms with Gasteiger partial charge in [0.15, 0.2) is 0 Å². The van der Waals surface area contributed by atoms with Gasteiger partial charge in [0.25, 0.3) is 0 Å². The number of rotatable bonds is 2. The number of benzene rings is 1. The van der Waals surface area contributed by atoms with E-state index in [1.807, 2.05) is 12.1 Å².